The Bertz CT molecular complexity index is 593. The van der Waals surface area contributed by atoms with Crippen molar-refractivity contribution in [2.45, 2.75) is 31.2 Å². The Hall–Kier alpha value is -2.29. The Morgan fingerprint density at radius 3 is 2.04 bits per heavy atom. The molecular weight excluding hydrogens is 282 g/mol. The van der Waals surface area contributed by atoms with E-state index in [9.17, 15) is 0 Å². The van der Waals surface area contributed by atoms with E-state index in [4.69, 9.17) is 5.73 Å². The largest absolute Gasteiger partial charge is 0.370 e. The van der Waals surface area contributed by atoms with Gasteiger partial charge in [-0.1, -0.05) is 60.7 Å². The van der Waals surface area contributed by atoms with Gasteiger partial charge in [-0.05, 0) is 30.4 Å². The average Bonchev–Trinajstić information content (AvgIpc) is 3.44. The molecule has 0 aromatic heterocycles. The van der Waals surface area contributed by atoms with Crippen LogP contribution >= 0.6 is 0 Å². The van der Waals surface area contributed by atoms with E-state index in [2.05, 4.69) is 70.6 Å². The number of nitrogens with zero attached hydrogens (tertiary/aromatic N) is 2. The molecule has 1 aliphatic rings. The van der Waals surface area contributed by atoms with Crippen LogP contribution < -0.4 is 5.73 Å². The van der Waals surface area contributed by atoms with Crippen LogP contribution in [-0.2, 0) is 0 Å². The van der Waals surface area contributed by atoms with Crippen LogP contribution in [0.15, 0.2) is 65.7 Å². The minimum absolute atomic E-state index is 0.361. The zero-order valence-electron chi connectivity index (χ0n) is 13.7. The normalized spacial score (nSPS) is 15.0. The molecule has 0 atom stereocenters. The van der Waals surface area contributed by atoms with Crippen LogP contribution in [0.5, 0.6) is 0 Å². The monoisotopic (exact) mass is 307 g/mol. The molecule has 0 aliphatic heterocycles. The van der Waals surface area contributed by atoms with Gasteiger partial charge < -0.3 is 10.6 Å². The van der Waals surface area contributed by atoms with Crippen molar-refractivity contribution >= 4 is 5.96 Å². The van der Waals surface area contributed by atoms with Crippen molar-refractivity contribution in [1.82, 2.24) is 4.90 Å². The lowest BCUT2D eigenvalue weighted by molar-refractivity contribution is 0.486. The third kappa shape index (κ3) is 4.13. The van der Waals surface area contributed by atoms with Gasteiger partial charge >= 0.3 is 0 Å². The summed E-state index contributed by atoms with van der Waals surface area (Å²) in [5.41, 5.74) is 8.77. The SMILES string of the molecule is CN(C(N)=NCCC(c1ccccc1)c1ccccc1)C1CC1. The lowest BCUT2D eigenvalue weighted by Crippen LogP contribution is -2.35. The van der Waals surface area contributed by atoms with Gasteiger partial charge in [0.2, 0.25) is 0 Å². The van der Waals surface area contributed by atoms with Gasteiger partial charge in [-0.15, -0.1) is 0 Å². The summed E-state index contributed by atoms with van der Waals surface area (Å²) in [4.78, 5) is 6.71. The van der Waals surface area contributed by atoms with Crippen LogP contribution in [0.4, 0.5) is 0 Å². The highest BCUT2D eigenvalue weighted by molar-refractivity contribution is 5.78. The fraction of sp³-hybridized carbons (Fsp3) is 0.350. The minimum atomic E-state index is 0.361. The molecular formula is C20H25N3. The summed E-state index contributed by atoms with van der Waals surface area (Å²) in [6.45, 7) is 0.747. The molecule has 2 aromatic carbocycles. The first-order valence-corrected chi connectivity index (χ1v) is 8.38. The number of aliphatic imine (C=N–C) groups is 1. The number of hydrogen-bond acceptors (Lipinski definition) is 1. The summed E-state index contributed by atoms with van der Waals surface area (Å²) in [6.07, 6.45) is 3.44. The van der Waals surface area contributed by atoms with Gasteiger partial charge in [0.25, 0.3) is 0 Å². The molecule has 0 amide bonds. The van der Waals surface area contributed by atoms with Crippen LogP contribution in [0.2, 0.25) is 0 Å². The third-order valence-corrected chi connectivity index (χ3v) is 4.55. The fourth-order valence-corrected chi connectivity index (χ4v) is 2.97. The third-order valence-electron chi connectivity index (χ3n) is 4.55. The second-order valence-electron chi connectivity index (χ2n) is 6.24. The van der Waals surface area contributed by atoms with E-state index in [-0.39, 0.29) is 0 Å². The van der Waals surface area contributed by atoms with Crippen molar-refractivity contribution in [3.8, 4) is 0 Å². The lowest BCUT2D eigenvalue weighted by Gasteiger charge is -2.19. The van der Waals surface area contributed by atoms with E-state index >= 15 is 0 Å². The molecule has 3 rings (SSSR count). The van der Waals surface area contributed by atoms with E-state index in [1.165, 1.54) is 24.0 Å². The van der Waals surface area contributed by atoms with Crippen molar-refractivity contribution in [1.29, 1.82) is 0 Å². The van der Waals surface area contributed by atoms with Crippen LogP contribution in [0.3, 0.4) is 0 Å². The van der Waals surface area contributed by atoms with Crippen LogP contribution in [-0.4, -0.2) is 30.5 Å². The van der Waals surface area contributed by atoms with E-state index in [1.54, 1.807) is 0 Å². The molecule has 23 heavy (non-hydrogen) atoms. The summed E-state index contributed by atoms with van der Waals surface area (Å²) in [6, 6.07) is 21.9. The molecule has 0 saturated heterocycles. The summed E-state index contributed by atoms with van der Waals surface area (Å²) in [7, 11) is 2.04. The van der Waals surface area contributed by atoms with Crippen LogP contribution in [0.1, 0.15) is 36.3 Å². The zero-order chi connectivity index (χ0) is 16.1. The Kier molecular flexibility index (Phi) is 4.96. The van der Waals surface area contributed by atoms with Crippen LogP contribution in [0, 0.1) is 0 Å². The first-order valence-electron chi connectivity index (χ1n) is 8.38. The highest BCUT2D eigenvalue weighted by atomic mass is 15.3. The van der Waals surface area contributed by atoms with E-state index in [0.29, 0.717) is 17.9 Å². The molecule has 0 unspecified atom stereocenters. The Morgan fingerprint density at radius 2 is 1.57 bits per heavy atom. The van der Waals surface area contributed by atoms with E-state index in [1.807, 2.05) is 7.05 Å². The quantitative estimate of drug-likeness (QED) is 0.654. The first kappa shape index (κ1) is 15.6. The highest BCUT2D eigenvalue weighted by Crippen LogP contribution is 2.28. The Morgan fingerprint density at radius 1 is 1.04 bits per heavy atom. The predicted octanol–water partition coefficient (Wildman–Crippen LogP) is 3.62. The van der Waals surface area contributed by atoms with Gasteiger partial charge in [0.15, 0.2) is 5.96 Å². The number of nitrogens with two attached hydrogens (primary N) is 1. The Balaban J connectivity index is 1.70. The first-order chi connectivity index (χ1) is 11.3. The smallest absolute Gasteiger partial charge is 0.191 e. The molecule has 0 heterocycles. The second kappa shape index (κ2) is 7.32. The molecule has 3 heteroatoms. The van der Waals surface area contributed by atoms with Gasteiger partial charge in [0.05, 0.1) is 0 Å². The second-order valence-corrected chi connectivity index (χ2v) is 6.24. The van der Waals surface area contributed by atoms with Crippen molar-refractivity contribution in [2.24, 2.45) is 10.7 Å². The molecule has 1 saturated carbocycles. The topological polar surface area (TPSA) is 41.6 Å². The number of hydrogen-bond donors (Lipinski definition) is 1. The molecule has 3 nitrogen and oxygen atoms in total. The minimum Gasteiger partial charge on any atom is -0.370 e. The van der Waals surface area contributed by atoms with Gasteiger partial charge in [-0.25, -0.2) is 0 Å². The number of rotatable bonds is 6. The highest BCUT2D eigenvalue weighted by Gasteiger charge is 2.27. The van der Waals surface area contributed by atoms with Gasteiger partial charge in [0, 0.05) is 25.6 Å². The molecule has 2 aromatic rings. The number of guanidine groups is 1. The van der Waals surface area contributed by atoms with Gasteiger partial charge in [0.1, 0.15) is 0 Å². The van der Waals surface area contributed by atoms with Gasteiger partial charge in [-0.2, -0.15) is 0 Å². The molecule has 0 spiro atoms. The molecule has 120 valence electrons. The summed E-state index contributed by atoms with van der Waals surface area (Å²) >= 11 is 0. The van der Waals surface area contributed by atoms with Crippen LogP contribution in [0.25, 0.3) is 0 Å². The van der Waals surface area contributed by atoms with Gasteiger partial charge in [-0.3, -0.25) is 4.99 Å². The summed E-state index contributed by atoms with van der Waals surface area (Å²) in [5.74, 6) is 1.03. The Labute approximate surface area is 138 Å². The van der Waals surface area contributed by atoms with Crippen molar-refractivity contribution in [2.75, 3.05) is 13.6 Å². The number of benzene rings is 2. The van der Waals surface area contributed by atoms with Crippen molar-refractivity contribution in [3.05, 3.63) is 71.8 Å². The van der Waals surface area contributed by atoms with Crippen molar-refractivity contribution < 1.29 is 0 Å². The van der Waals surface area contributed by atoms with E-state index < -0.39 is 0 Å². The summed E-state index contributed by atoms with van der Waals surface area (Å²) in [5, 5.41) is 0. The molecule has 2 N–H and O–H groups in total. The van der Waals surface area contributed by atoms with Crippen molar-refractivity contribution in [3.63, 3.8) is 0 Å². The summed E-state index contributed by atoms with van der Waals surface area (Å²) < 4.78 is 0. The molecule has 1 aliphatic carbocycles. The molecule has 0 radical (unpaired) electrons. The maximum atomic E-state index is 6.10. The standard InChI is InChI=1S/C20H25N3/c1-23(18-12-13-18)20(21)22-15-14-19(16-8-4-2-5-9-16)17-10-6-3-7-11-17/h2-11,18-19H,12-15H2,1H3,(H2,21,22). The molecule has 1 fully saturated rings. The fourth-order valence-electron chi connectivity index (χ4n) is 2.97. The predicted molar refractivity (Wildman–Crippen MR) is 96.6 cm³/mol. The molecule has 0 bridgehead atoms. The zero-order valence-corrected chi connectivity index (χ0v) is 13.7. The average molecular weight is 307 g/mol. The maximum absolute atomic E-state index is 6.10. The lowest BCUT2D eigenvalue weighted by atomic mass is 9.89. The maximum Gasteiger partial charge on any atom is 0.191 e. The van der Waals surface area contributed by atoms with E-state index in [0.717, 1.165) is 13.0 Å².